The summed E-state index contributed by atoms with van der Waals surface area (Å²) in [7, 11) is 0. The van der Waals surface area contributed by atoms with Gasteiger partial charge in [-0.1, -0.05) is 18.2 Å². The number of hydrogen-bond acceptors (Lipinski definition) is 4. The topological polar surface area (TPSA) is 81.1 Å². The van der Waals surface area contributed by atoms with E-state index in [9.17, 15) is 4.79 Å². The van der Waals surface area contributed by atoms with Crippen LogP contribution >= 0.6 is 0 Å². The van der Waals surface area contributed by atoms with Gasteiger partial charge in [0.1, 0.15) is 17.0 Å². The van der Waals surface area contributed by atoms with E-state index < -0.39 is 5.91 Å². The molecule has 0 radical (unpaired) electrons. The smallest absolute Gasteiger partial charge is 0.267 e. The van der Waals surface area contributed by atoms with E-state index in [-0.39, 0.29) is 11.7 Å². The Labute approximate surface area is 121 Å². The molecule has 0 fully saturated rings. The first-order valence-electron chi connectivity index (χ1n) is 6.64. The zero-order valence-corrected chi connectivity index (χ0v) is 11.5. The number of pyridine rings is 1. The fourth-order valence-electron chi connectivity index (χ4n) is 2.19. The summed E-state index contributed by atoms with van der Waals surface area (Å²) in [6, 6.07) is 13.2. The molecule has 106 valence electrons. The summed E-state index contributed by atoms with van der Waals surface area (Å²) in [6.45, 7) is 1.99. The number of furan rings is 1. The van der Waals surface area contributed by atoms with E-state index >= 15 is 0 Å². The number of para-hydroxylation sites is 1. The number of carbonyl (C=O) groups excluding carboxylic acids is 1. The van der Waals surface area contributed by atoms with Crippen molar-refractivity contribution in [2.75, 3.05) is 5.32 Å². The molecule has 0 aliphatic rings. The van der Waals surface area contributed by atoms with Crippen molar-refractivity contribution in [2.45, 2.75) is 13.0 Å². The molecule has 0 bridgehead atoms. The van der Waals surface area contributed by atoms with Crippen molar-refractivity contribution in [3.8, 4) is 0 Å². The monoisotopic (exact) mass is 281 g/mol. The summed E-state index contributed by atoms with van der Waals surface area (Å²) < 4.78 is 5.81. The number of rotatable bonds is 4. The minimum Gasteiger partial charge on any atom is -0.459 e. The summed E-state index contributed by atoms with van der Waals surface area (Å²) in [4.78, 5) is 15.1. The summed E-state index contributed by atoms with van der Waals surface area (Å²) in [5.74, 6) is 0.281. The summed E-state index contributed by atoms with van der Waals surface area (Å²) >= 11 is 0. The van der Waals surface area contributed by atoms with Crippen LogP contribution in [0.15, 0.2) is 53.1 Å². The van der Waals surface area contributed by atoms with Gasteiger partial charge in [0.05, 0.1) is 6.04 Å². The number of fused-ring (bicyclic) bond motifs is 1. The van der Waals surface area contributed by atoms with Crippen molar-refractivity contribution in [1.82, 2.24) is 4.98 Å². The predicted molar refractivity (Wildman–Crippen MR) is 81.0 cm³/mol. The van der Waals surface area contributed by atoms with Gasteiger partial charge in [-0.3, -0.25) is 9.78 Å². The number of nitrogens with one attached hydrogen (secondary N) is 1. The number of nitrogens with zero attached hydrogens (tertiary/aromatic N) is 1. The van der Waals surface area contributed by atoms with Gasteiger partial charge in [-0.15, -0.1) is 0 Å². The fourth-order valence-corrected chi connectivity index (χ4v) is 2.19. The largest absolute Gasteiger partial charge is 0.459 e. The Morgan fingerprint density at radius 1 is 1.29 bits per heavy atom. The number of aromatic nitrogens is 1. The van der Waals surface area contributed by atoms with Gasteiger partial charge in [0.2, 0.25) is 0 Å². The molecule has 0 aliphatic carbocycles. The SMILES string of the molecule is CC(Nc1ccnc(C(N)=O)c1)c1cc2ccccc2o1. The van der Waals surface area contributed by atoms with Gasteiger partial charge in [0.15, 0.2) is 0 Å². The molecule has 0 spiro atoms. The molecule has 2 heterocycles. The molecular formula is C16H15N3O2. The Kier molecular flexibility index (Phi) is 3.31. The fraction of sp³-hybridized carbons (Fsp3) is 0.125. The number of primary amides is 1. The standard InChI is InChI=1S/C16H15N3O2/c1-10(15-8-11-4-2-3-5-14(11)21-15)19-12-6-7-18-13(9-12)16(17)20/h2-10H,1H3,(H2,17,20)(H,18,19). The average molecular weight is 281 g/mol. The zero-order chi connectivity index (χ0) is 14.8. The number of hydrogen-bond donors (Lipinski definition) is 2. The predicted octanol–water partition coefficient (Wildman–Crippen LogP) is 3.10. The van der Waals surface area contributed by atoms with Gasteiger partial charge in [0, 0.05) is 17.3 Å². The van der Waals surface area contributed by atoms with Crippen LogP contribution in [0.25, 0.3) is 11.0 Å². The second-order valence-electron chi connectivity index (χ2n) is 4.85. The molecule has 1 atom stereocenters. The molecule has 0 aliphatic heterocycles. The molecule has 1 amide bonds. The highest BCUT2D eigenvalue weighted by atomic mass is 16.3. The van der Waals surface area contributed by atoms with E-state index in [0.717, 1.165) is 22.4 Å². The summed E-state index contributed by atoms with van der Waals surface area (Å²) in [6.07, 6.45) is 1.55. The van der Waals surface area contributed by atoms with Crippen molar-refractivity contribution < 1.29 is 9.21 Å². The highest BCUT2D eigenvalue weighted by molar-refractivity contribution is 5.91. The molecule has 1 aromatic carbocycles. The van der Waals surface area contributed by atoms with Gasteiger partial charge in [-0.05, 0) is 31.2 Å². The molecule has 1 unspecified atom stereocenters. The molecule has 5 nitrogen and oxygen atoms in total. The van der Waals surface area contributed by atoms with Crippen LogP contribution in [0, 0.1) is 0 Å². The molecule has 3 rings (SSSR count). The van der Waals surface area contributed by atoms with Crippen LogP contribution < -0.4 is 11.1 Å². The van der Waals surface area contributed by atoms with Crippen molar-refractivity contribution >= 4 is 22.6 Å². The normalized spacial score (nSPS) is 12.2. The van der Waals surface area contributed by atoms with E-state index in [1.807, 2.05) is 37.3 Å². The third-order valence-electron chi connectivity index (χ3n) is 3.27. The second-order valence-corrected chi connectivity index (χ2v) is 4.85. The highest BCUT2D eigenvalue weighted by Crippen LogP contribution is 2.26. The molecule has 3 N–H and O–H groups in total. The number of anilines is 1. The summed E-state index contributed by atoms with van der Waals surface area (Å²) in [5, 5.41) is 4.34. The van der Waals surface area contributed by atoms with Crippen molar-refractivity contribution in [1.29, 1.82) is 0 Å². The number of carbonyl (C=O) groups is 1. The van der Waals surface area contributed by atoms with Crippen LogP contribution in [0.4, 0.5) is 5.69 Å². The van der Waals surface area contributed by atoms with Gasteiger partial charge in [-0.25, -0.2) is 0 Å². The van der Waals surface area contributed by atoms with Gasteiger partial charge >= 0.3 is 0 Å². The molecule has 2 aromatic heterocycles. The van der Waals surface area contributed by atoms with E-state index in [0.29, 0.717) is 0 Å². The Morgan fingerprint density at radius 2 is 2.10 bits per heavy atom. The van der Waals surface area contributed by atoms with Gasteiger partial charge < -0.3 is 15.5 Å². The van der Waals surface area contributed by atoms with E-state index in [4.69, 9.17) is 10.2 Å². The van der Waals surface area contributed by atoms with Crippen molar-refractivity contribution in [3.63, 3.8) is 0 Å². The minimum absolute atomic E-state index is 0.0412. The van der Waals surface area contributed by atoms with E-state index in [1.165, 1.54) is 0 Å². The third kappa shape index (κ3) is 2.72. The quantitative estimate of drug-likeness (QED) is 0.770. The first-order chi connectivity index (χ1) is 10.1. The van der Waals surface area contributed by atoms with Crippen LogP contribution in [0.3, 0.4) is 0 Å². The maximum atomic E-state index is 11.1. The average Bonchev–Trinajstić information content (AvgIpc) is 2.91. The molecule has 5 heteroatoms. The maximum absolute atomic E-state index is 11.1. The Bertz CT molecular complexity index is 762. The van der Waals surface area contributed by atoms with Crippen LogP contribution in [-0.2, 0) is 0 Å². The lowest BCUT2D eigenvalue weighted by Crippen LogP contribution is -2.14. The Balaban J connectivity index is 1.84. The lowest BCUT2D eigenvalue weighted by molar-refractivity contribution is 0.0995. The van der Waals surface area contributed by atoms with Crippen molar-refractivity contribution in [2.24, 2.45) is 5.73 Å². The van der Waals surface area contributed by atoms with Gasteiger partial charge in [-0.2, -0.15) is 0 Å². The molecule has 0 saturated heterocycles. The number of benzene rings is 1. The van der Waals surface area contributed by atoms with E-state index in [1.54, 1.807) is 18.3 Å². The third-order valence-corrected chi connectivity index (χ3v) is 3.27. The summed E-state index contributed by atoms with van der Waals surface area (Å²) in [5.41, 5.74) is 7.09. The Morgan fingerprint density at radius 3 is 2.86 bits per heavy atom. The van der Waals surface area contributed by atoms with Crippen LogP contribution in [0.1, 0.15) is 29.2 Å². The van der Waals surface area contributed by atoms with Crippen LogP contribution in [-0.4, -0.2) is 10.9 Å². The molecular weight excluding hydrogens is 266 g/mol. The van der Waals surface area contributed by atoms with Gasteiger partial charge in [0.25, 0.3) is 5.91 Å². The lowest BCUT2D eigenvalue weighted by Gasteiger charge is -2.13. The molecule has 21 heavy (non-hydrogen) atoms. The van der Waals surface area contributed by atoms with E-state index in [2.05, 4.69) is 10.3 Å². The number of amides is 1. The maximum Gasteiger partial charge on any atom is 0.267 e. The number of nitrogens with two attached hydrogens (primary N) is 1. The second kappa shape index (κ2) is 5.28. The first-order valence-corrected chi connectivity index (χ1v) is 6.64. The van der Waals surface area contributed by atoms with Crippen molar-refractivity contribution in [3.05, 3.63) is 60.1 Å². The minimum atomic E-state index is -0.546. The van der Waals surface area contributed by atoms with Crippen LogP contribution in [0.5, 0.6) is 0 Å². The lowest BCUT2D eigenvalue weighted by atomic mass is 10.2. The zero-order valence-electron chi connectivity index (χ0n) is 11.5. The molecule has 0 saturated carbocycles. The molecule has 3 aromatic rings. The highest BCUT2D eigenvalue weighted by Gasteiger charge is 2.12. The Hall–Kier alpha value is -2.82. The first kappa shape index (κ1) is 13.2. The van der Waals surface area contributed by atoms with Crippen LogP contribution in [0.2, 0.25) is 0 Å².